The number of alkyl halides is 3. The summed E-state index contributed by atoms with van der Waals surface area (Å²) in [6, 6.07) is 5.02. The molecule has 1 aromatic heterocycles. The minimum absolute atomic E-state index is 0.336. The highest BCUT2D eigenvalue weighted by Crippen LogP contribution is 2.36. The lowest BCUT2D eigenvalue weighted by atomic mass is 9.83. The van der Waals surface area contributed by atoms with Crippen LogP contribution in [-0.4, -0.2) is 33.1 Å². The number of halogens is 3. The van der Waals surface area contributed by atoms with Crippen molar-refractivity contribution in [3.05, 3.63) is 59.2 Å². The van der Waals surface area contributed by atoms with Crippen LogP contribution in [-0.2, 0) is 24.7 Å². The summed E-state index contributed by atoms with van der Waals surface area (Å²) in [5, 5.41) is 10.9. The Bertz CT molecular complexity index is 738. The van der Waals surface area contributed by atoms with Crippen LogP contribution in [0.5, 0.6) is 0 Å². The summed E-state index contributed by atoms with van der Waals surface area (Å²) in [5.41, 5.74) is -0.617. The van der Waals surface area contributed by atoms with Gasteiger partial charge in [0, 0.05) is 44.0 Å². The second-order valence-corrected chi connectivity index (χ2v) is 6.75. The number of rotatable bonds is 4. The van der Waals surface area contributed by atoms with Crippen molar-refractivity contribution in [1.82, 2.24) is 14.9 Å². The first-order valence-electron chi connectivity index (χ1n) is 8.72. The average molecular weight is 365 g/mol. The van der Waals surface area contributed by atoms with Crippen molar-refractivity contribution in [3.8, 4) is 0 Å². The average Bonchev–Trinajstić information content (AvgIpc) is 2.64. The molecule has 0 amide bonds. The number of likely N-dealkylation sites (tertiary alicyclic amines) is 1. The van der Waals surface area contributed by atoms with E-state index in [1.54, 1.807) is 18.5 Å². The smallest absolute Gasteiger partial charge is 0.385 e. The third-order valence-corrected chi connectivity index (χ3v) is 4.89. The Morgan fingerprint density at radius 3 is 2.38 bits per heavy atom. The summed E-state index contributed by atoms with van der Waals surface area (Å²) in [6.45, 7) is 3.86. The Balaban J connectivity index is 1.65. The summed E-state index contributed by atoms with van der Waals surface area (Å²) in [4.78, 5) is 10.7. The number of nitrogens with zero attached hydrogens (tertiary/aromatic N) is 3. The number of benzene rings is 1. The SMILES string of the molecule is CCc1ncc(CN2CCC(O)(c3cccc(C(F)(F)F)c3)CC2)cn1. The molecule has 2 heterocycles. The van der Waals surface area contributed by atoms with Crippen LogP contribution in [0.2, 0.25) is 0 Å². The Labute approximate surface area is 150 Å². The molecule has 1 fully saturated rings. The van der Waals surface area contributed by atoms with Gasteiger partial charge in [0.15, 0.2) is 0 Å². The maximum Gasteiger partial charge on any atom is 0.416 e. The van der Waals surface area contributed by atoms with E-state index in [0.717, 1.165) is 29.9 Å². The molecule has 0 bridgehead atoms. The molecule has 1 saturated heterocycles. The van der Waals surface area contributed by atoms with Gasteiger partial charge in [-0.2, -0.15) is 13.2 Å². The zero-order valence-corrected chi connectivity index (χ0v) is 14.6. The Kier molecular flexibility index (Phi) is 5.29. The third kappa shape index (κ3) is 4.22. The molecule has 7 heteroatoms. The fraction of sp³-hybridized carbons (Fsp3) is 0.474. The van der Waals surface area contributed by atoms with Gasteiger partial charge in [-0.05, 0) is 30.5 Å². The van der Waals surface area contributed by atoms with Gasteiger partial charge in [0.1, 0.15) is 5.82 Å². The second kappa shape index (κ2) is 7.32. The Morgan fingerprint density at radius 1 is 1.15 bits per heavy atom. The molecule has 140 valence electrons. The quantitative estimate of drug-likeness (QED) is 0.900. The standard InChI is InChI=1S/C19H22F3N3O/c1-2-17-23-11-14(12-24-17)13-25-8-6-18(26,7-9-25)15-4-3-5-16(10-15)19(20,21)22/h3-5,10-12,26H,2,6-9,13H2,1H3. The molecular weight excluding hydrogens is 343 g/mol. The molecule has 4 nitrogen and oxygen atoms in total. The van der Waals surface area contributed by atoms with Crippen molar-refractivity contribution in [2.24, 2.45) is 0 Å². The predicted octanol–water partition coefficient (Wildman–Crippen LogP) is 3.54. The van der Waals surface area contributed by atoms with E-state index < -0.39 is 17.3 Å². The highest BCUT2D eigenvalue weighted by molar-refractivity contribution is 5.30. The van der Waals surface area contributed by atoms with Crippen LogP contribution in [0.15, 0.2) is 36.7 Å². The van der Waals surface area contributed by atoms with Gasteiger partial charge >= 0.3 is 6.18 Å². The second-order valence-electron chi connectivity index (χ2n) is 6.75. The summed E-state index contributed by atoms with van der Waals surface area (Å²) >= 11 is 0. The van der Waals surface area contributed by atoms with Crippen LogP contribution in [0.1, 0.15) is 42.3 Å². The monoisotopic (exact) mass is 365 g/mol. The highest BCUT2D eigenvalue weighted by Gasteiger charge is 2.37. The molecule has 1 aliphatic rings. The molecule has 2 aromatic rings. The zero-order valence-electron chi connectivity index (χ0n) is 14.6. The third-order valence-electron chi connectivity index (χ3n) is 4.89. The molecule has 26 heavy (non-hydrogen) atoms. The van der Waals surface area contributed by atoms with E-state index in [0.29, 0.717) is 38.0 Å². The molecule has 0 saturated carbocycles. The van der Waals surface area contributed by atoms with Crippen molar-refractivity contribution in [1.29, 1.82) is 0 Å². The predicted molar refractivity (Wildman–Crippen MR) is 91.3 cm³/mol. The number of aliphatic hydroxyl groups is 1. The minimum Gasteiger partial charge on any atom is -0.385 e. The van der Waals surface area contributed by atoms with Crippen LogP contribution < -0.4 is 0 Å². The molecule has 0 atom stereocenters. The maximum absolute atomic E-state index is 12.9. The van der Waals surface area contributed by atoms with E-state index >= 15 is 0 Å². The molecule has 1 aromatic carbocycles. The summed E-state index contributed by atoms with van der Waals surface area (Å²) in [7, 11) is 0. The van der Waals surface area contributed by atoms with Crippen molar-refractivity contribution in [2.45, 2.75) is 44.5 Å². The summed E-state index contributed by atoms with van der Waals surface area (Å²) in [5.74, 6) is 0.798. The molecule has 0 spiro atoms. The van der Waals surface area contributed by atoms with E-state index in [1.165, 1.54) is 6.07 Å². The normalized spacial score (nSPS) is 18.0. The molecule has 0 unspecified atom stereocenters. The van der Waals surface area contributed by atoms with E-state index in [1.807, 2.05) is 6.92 Å². The molecule has 0 aliphatic carbocycles. The lowest BCUT2D eigenvalue weighted by Gasteiger charge is -2.38. The van der Waals surface area contributed by atoms with Gasteiger partial charge in [-0.25, -0.2) is 9.97 Å². The van der Waals surface area contributed by atoms with E-state index in [4.69, 9.17) is 0 Å². The van der Waals surface area contributed by atoms with Crippen LogP contribution in [0, 0.1) is 0 Å². The van der Waals surface area contributed by atoms with E-state index in [-0.39, 0.29) is 0 Å². The first-order valence-corrected chi connectivity index (χ1v) is 8.72. The van der Waals surface area contributed by atoms with Crippen molar-refractivity contribution in [3.63, 3.8) is 0 Å². The van der Waals surface area contributed by atoms with Gasteiger partial charge < -0.3 is 5.11 Å². The van der Waals surface area contributed by atoms with Gasteiger partial charge in [-0.3, -0.25) is 4.90 Å². The Morgan fingerprint density at radius 2 is 1.81 bits per heavy atom. The van der Waals surface area contributed by atoms with Crippen LogP contribution >= 0.6 is 0 Å². The molecule has 1 aliphatic heterocycles. The topological polar surface area (TPSA) is 49.2 Å². The lowest BCUT2D eigenvalue weighted by molar-refractivity contribution is -0.137. The Hall–Kier alpha value is -1.99. The number of aromatic nitrogens is 2. The molecule has 3 rings (SSSR count). The summed E-state index contributed by atoms with van der Waals surface area (Å²) in [6.07, 6.45) is 0.773. The van der Waals surface area contributed by atoms with Crippen molar-refractivity contribution < 1.29 is 18.3 Å². The summed E-state index contributed by atoms with van der Waals surface area (Å²) < 4.78 is 38.7. The van der Waals surface area contributed by atoms with E-state index in [9.17, 15) is 18.3 Å². The van der Waals surface area contributed by atoms with Gasteiger partial charge in [-0.15, -0.1) is 0 Å². The fourth-order valence-electron chi connectivity index (χ4n) is 3.26. The first-order chi connectivity index (χ1) is 12.3. The van der Waals surface area contributed by atoms with Crippen LogP contribution in [0.25, 0.3) is 0 Å². The number of aryl methyl sites for hydroxylation is 1. The van der Waals surface area contributed by atoms with Gasteiger partial charge in [-0.1, -0.05) is 19.1 Å². The highest BCUT2D eigenvalue weighted by atomic mass is 19.4. The van der Waals surface area contributed by atoms with Gasteiger partial charge in [0.05, 0.1) is 11.2 Å². The molecular formula is C19H22F3N3O. The zero-order chi connectivity index (χ0) is 18.8. The minimum atomic E-state index is -4.41. The largest absolute Gasteiger partial charge is 0.416 e. The first kappa shape index (κ1) is 18.8. The lowest BCUT2D eigenvalue weighted by Crippen LogP contribution is -2.42. The van der Waals surface area contributed by atoms with Crippen LogP contribution in [0.3, 0.4) is 0 Å². The van der Waals surface area contributed by atoms with Gasteiger partial charge in [0.25, 0.3) is 0 Å². The molecule has 1 N–H and O–H groups in total. The van der Waals surface area contributed by atoms with E-state index in [2.05, 4.69) is 14.9 Å². The van der Waals surface area contributed by atoms with Gasteiger partial charge in [0.2, 0.25) is 0 Å². The number of hydrogen-bond donors (Lipinski definition) is 1. The molecule has 0 radical (unpaired) electrons. The maximum atomic E-state index is 12.9. The number of piperidine rings is 1. The van der Waals surface area contributed by atoms with Crippen LogP contribution in [0.4, 0.5) is 13.2 Å². The van der Waals surface area contributed by atoms with Crippen molar-refractivity contribution in [2.75, 3.05) is 13.1 Å². The number of hydrogen-bond acceptors (Lipinski definition) is 4. The van der Waals surface area contributed by atoms with Crippen molar-refractivity contribution >= 4 is 0 Å². The fourth-order valence-corrected chi connectivity index (χ4v) is 3.26.